The lowest BCUT2D eigenvalue weighted by atomic mass is 10.1. The highest BCUT2D eigenvalue weighted by atomic mass is 35.5. The normalized spacial score (nSPS) is 17.6. The predicted molar refractivity (Wildman–Crippen MR) is 74.9 cm³/mol. The lowest BCUT2D eigenvalue weighted by molar-refractivity contribution is 0.628. The lowest BCUT2D eigenvalue weighted by Gasteiger charge is -2.16. The molecule has 1 unspecified atom stereocenters. The standard InChI is InChI=1S/C14H11ClFNS/c15-11-6-5-9(16)7-12(11)17-13-8-18-14-4-2-1-3-10(13)14/h1-7,13,17H,8H2. The minimum absolute atomic E-state index is 0.186. The van der Waals surface area contributed by atoms with Crippen LogP contribution in [-0.2, 0) is 0 Å². The second-order valence-corrected chi connectivity index (χ2v) is 5.64. The number of hydrogen-bond donors (Lipinski definition) is 1. The zero-order valence-electron chi connectivity index (χ0n) is 9.49. The van der Waals surface area contributed by atoms with Crippen LogP contribution in [0.15, 0.2) is 47.4 Å². The highest BCUT2D eigenvalue weighted by molar-refractivity contribution is 7.99. The van der Waals surface area contributed by atoms with E-state index in [9.17, 15) is 4.39 Å². The molecule has 0 fully saturated rings. The summed E-state index contributed by atoms with van der Waals surface area (Å²) in [6.45, 7) is 0. The van der Waals surface area contributed by atoms with Gasteiger partial charge in [-0.3, -0.25) is 0 Å². The molecule has 3 rings (SSSR count). The van der Waals surface area contributed by atoms with Gasteiger partial charge in [-0.15, -0.1) is 11.8 Å². The number of nitrogens with one attached hydrogen (secondary N) is 1. The molecule has 0 bridgehead atoms. The third-order valence-corrected chi connectivity index (χ3v) is 4.47. The molecule has 1 aliphatic rings. The van der Waals surface area contributed by atoms with Crippen LogP contribution < -0.4 is 5.32 Å². The van der Waals surface area contributed by atoms with Gasteiger partial charge in [0, 0.05) is 10.6 Å². The van der Waals surface area contributed by atoms with Gasteiger partial charge in [0.15, 0.2) is 0 Å². The third-order valence-electron chi connectivity index (χ3n) is 2.96. The van der Waals surface area contributed by atoms with E-state index in [2.05, 4.69) is 17.4 Å². The maximum Gasteiger partial charge on any atom is 0.125 e. The zero-order chi connectivity index (χ0) is 12.5. The average Bonchev–Trinajstić information content (AvgIpc) is 2.78. The van der Waals surface area contributed by atoms with E-state index in [1.807, 2.05) is 12.1 Å². The highest BCUT2D eigenvalue weighted by Crippen LogP contribution is 2.40. The molecule has 0 aliphatic carbocycles. The van der Waals surface area contributed by atoms with Gasteiger partial charge in [-0.05, 0) is 29.8 Å². The molecule has 0 saturated carbocycles. The molecular weight excluding hydrogens is 269 g/mol. The van der Waals surface area contributed by atoms with Crippen LogP contribution in [0, 0.1) is 5.82 Å². The number of anilines is 1. The van der Waals surface area contributed by atoms with Crippen LogP contribution in [0.5, 0.6) is 0 Å². The SMILES string of the molecule is Fc1ccc(Cl)c(NC2CSc3ccccc32)c1. The van der Waals surface area contributed by atoms with Crippen molar-refractivity contribution in [2.75, 3.05) is 11.1 Å². The fourth-order valence-corrected chi connectivity index (χ4v) is 3.41. The molecule has 0 spiro atoms. The van der Waals surface area contributed by atoms with E-state index in [0.29, 0.717) is 10.7 Å². The Balaban J connectivity index is 1.88. The van der Waals surface area contributed by atoms with Crippen LogP contribution in [0.4, 0.5) is 10.1 Å². The Bertz CT molecular complexity index is 588. The maximum atomic E-state index is 13.2. The predicted octanol–water partition coefficient (Wildman–Crippen LogP) is 4.74. The summed E-state index contributed by atoms with van der Waals surface area (Å²) in [5.74, 6) is 0.660. The second-order valence-electron chi connectivity index (χ2n) is 4.17. The Kier molecular flexibility index (Phi) is 3.18. The average molecular weight is 280 g/mol. The lowest BCUT2D eigenvalue weighted by Crippen LogP contribution is -2.10. The van der Waals surface area contributed by atoms with Crippen LogP contribution in [0.25, 0.3) is 0 Å². The number of halogens is 2. The first-order valence-corrected chi connectivity index (χ1v) is 7.04. The Morgan fingerprint density at radius 1 is 1.22 bits per heavy atom. The highest BCUT2D eigenvalue weighted by Gasteiger charge is 2.23. The molecule has 1 aliphatic heterocycles. The molecule has 0 amide bonds. The smallest absolute Gasteiger partial charge is 0.125 e. The minimum atomic E-state index is -0.277. The van der Waals surface area contributed by atoms with Gasteiger partial charge in [-0.1, -0.05) is 29.8 Å². The first kappa shape index (κ1) is 11.9. The van der Waals surface area contributed by atoms with Gasteiger partial charge in [-0.2, -0.15) is 0 Å². The Morgan fingerprint density at radius 3 is 2.94 bits per heavy atom. The molecular formula is C14H11ClFNS. The van der Waals surface area contributed by atoms with Crippen molar-refractivity contribution in [2.45, 2.75) is 10.9 Å². The summed E-state index contributed by atoms with van der Waals surface area (Å²) in [5, 5.41) is 3.86. The van der Waals surface area contributed by atoms with Gasteiger partial charge in [0.1, 0.15) is 5.82 Å². The zero-order valence-corrected chi connectivity index (χ0v) is 11.1. The number of rotatable bonds is 2. The van der Waals surface area contributed by atoms with Crippen molar-refractivity contribution in [1.82, 2.24) is 0 Å². The topological polar surface area (TPSA) is 12.0 Å². The van der Waals surface area contributed by atoms with Crippen molar-refractivity contribution in [2.24, 2.45) is 0 Å². The van der Waals surface area contributed by atoms with Crippen molar-refractivity contribution in [3.05, 3.63) is 58.9 Å². The van der Waals surface area contributed by atoms with E-state index in [4.69, 9.17) is 11.6 Å². The molecule has 0 aromatic heterocycles. The summed E-state index contributed by atoms with van der Waals surface area (Å²) in [5.41, 5.74) is 1.90. The van der Waals surface area contributed by atoms with Crippen LogP contribution in [0.2, 0.25) is 5.02 Å². The van der Waals surface area contributed by atoms with Crippen LogP contribution in [-0.4, -0.2) is 5.75 Å². The Hall–Kier alpha value is -1.19. The summed E-state index contributed by atoms with van der Waals surface area (Å²) < 4.78 is 13.2. The van der Waals surface area contributed by atoms with Crippen molar-refractivity contribution in [3.63, 3.8) is 0 Å². The molecule has 2 aromatic rings. The summed E-state index contributed by atoms with van der Waals surface area (Å²) in [6, 6.07) is 12.8. The summed E-state index contributed by atoms with van der Waals surface area (Å²) in [6.07, 6.45) is 0. The molecule has 1 N–H and O–H groups in total. The number of hydrogen-bond acceptors (Lipinski definition) is 2. The van der Waals surface area contributed by atoms with Gasteiger partial charge in [0.05, 0.1) is 16.8 Å². The second kappa shape index (κ2) is 4.82. The van der Waals surface area contributed by atoms with Gasteiger partial charge in [-0.25, -0.2) is 4.39 Å². The Morgan fingerprint density at radius 2 is 2.06 bits per heavy atom. The van der Waals surface area contributed by atoms with E-state index in [0.717, 1.165) is 5.75 Å². The van der Waals surface area contributed by atoms with Gasteiger partial charge in [0.2, 0.25) is 0 Å². The van der Waals surface area contributed by atoms with Crippen LogP contribution in [0.3, 0.4) is 0 Å². The minimum Gasteiger partial charge on any atom is -0.376 e. The molecule has 1 heterocycles. The van der Waals surface area contributed by atoms with Crippen LogP contribution in [0.1, 0.15) is 11.6 Å². The van der Waals surface area contributed by atoms with Crippen molar-refractivity contribution in [1.29, 1.82) is 0 Å². The quantitative estimate of drug-likeness (QED) is 0.852. The van der Waals surface area contributed by atoms with Gasteiger partial charge < -0.3 is 5.32 Å². The fraction of sp³-hybridized carbons (Fsp3) is 0.143. The Labute approximate surface area is 114 Å². The molecule has 18 heavy (non-hydrogen) atoms. The largest absolute Gasteiger partial charge is 0.376 e. The first-order valence-electron chi connectivity index (χ1n) is 5.67. The van der Waals surface area contributed by atoms with Crippen molar-refractivity contribution >= 4 is 29.1 Å². The fourth-order valence-electron chi connectivity index (χ4n) is 2.08. The molecule has 0 radical (unpaired) electrons. The van der Waals surface area contributed by atoms with E-state index < -0.39 is 0 Å². The first-order chi connectivity index (χ1) is 8.74. The molecule has 92 valence electrons. The van der Waals surface area contributed by atoms with E-state index in [-0.39, 0.29) is 11.9 Å². The molecule has 4 heteroatoms. The monoisotopic (exact) mass is 279 g/mol. The van der Waals surface area contributed by atoms with Gasteiger partial charge in [0.25, 0.3) is 0 Å². The number of thioether (sulfide) groups is 1. The molecule has 0 saturated heterocycles. The van der Waals surface area contributed by atoms with E-state index in [1.165, 1.54) is 22.6 Å². The third kappa shape index (κ3) is 2.20. The summed E-state index contributed by atoms with van der Waals surface area (Å²) in [4.78, 5) is 1.28. The molecule has 1 nitrogen and oxygen atoms in total. The van der Waals surface area contributed by atoms with Crippen molar-refractivity contribution < 1.29 is 4.39 Å². The van der Waals surface area contributed by atoms with Crippen molar-refractivity contribution in [3.8, 4) is 0 Å². The van der Waals surface area contributed by atoms with Crippen LogP contribution >= 0.6 is 23.4 Å². The molecule has 2 aromatic carbocycles. The summed E-state index contributed by atoms with van der Waals surface area (Å²) in [7, 11) is 0. The summed E-state index contributed by atoms with van der Waals surface area (Å²) >= 11 is 7.87. The van der Waals surface area contributed by atoms with E-state index >= 15 is 0 Å². The molecule has 1 atom stereocenters. The number of benzene rings is 2. The van der Waals surface area contributed by atoms with E-state index in [1.54, 1.807) is 17.8 Å². The number of fused-ring (bicyclic) bond motifs is 1. The van der Waals surface area contributed by atoms with Gasteiger partial charge >= 0.3 is 0 Å². The maximum absolute atomic E-state index is 13.2.